The minimum atomic E-state index is -0.424. The minimum absolute atomic E-state index is 0.254. The monoisotopic (exact) mass is 231 g/mol. The number of rotatable bonds is 7. The first-order valence-corrected chi connectivity index (χ1v) is 6.20. The van der Waals surface area contributed by atoms with E-state index in [-0.39, 0.29) is 6.10 Å². The number of ether oxygens (including phenoxy) is 2. The van der Waals surface area contributed by atoms with Crippen LogP contribution in [0.4, 0.5) is 0 Å². The predicted octanol–water partition coefficient (Wildman–Crippen LogP) is 0.787. The predicted molar refractivity (Wildman–Crippen MR) is 63.5 cm³/mol. The van der Waals surface area contributed by atoms with Crippen LogP contribution >= 0.6 is 0 Å². The van der Waals surface area contributed by atoms with Gasteiger partial charge in [-0.2, -0.15) is 0 Å². The van der Waals surface area contributed by atoms with Crippen LogP contribution in [0.15, 0.2) is 0 Å². The van der Waals surface area contributed by atoms with Crippen LogP contribution in [-0.4, -0.2) is 49.7 Å². The zero-order chi connectivity index (χ0) is 12.0. The Morgan fingerprint density at radius 2 is 2.19 bits per heavy atom. The first kappa shape index (κ1) is 13.9. The first-order chi connectivity index (χ1) is 7.59. The van der Waals surface area contributed by atoms with E-state index in [9.17, 15) is 5.11 Å². The average Bonchev–Trinajstić information content (AvgIpc) is 2.60. The molecule has 0 aromatic rings. The highest BCUT2D eigenvalue weighted by Crippen LogP contribution is 2.12. The van der Waals surface area contributed by atoms with Gasteiger partial charge in [-0.25, -0.2) is 0 Å². The molecule has 1 rings (SSSR count). The van der Waals surface area contributed by atoms with Crippen molar-refractivity contribution < 1.29 is 14.6 Å². The molecule has 1 aliphatic rings. The highest BCUT2D eigenvalue weighted by Gasteiger charge is 2.23. The van der Waals surface area contributed by atoms with E-state index in [4.69, 9.17) is 9.47 Å². The normalized spacial score (nSPS) is 27.6. The van der Waals surface area contributed by atoms with E-state index in [0.717, 1.165) is 13.0 Å². The summed E-state index contributed by atoms with van der Waals surface area (Å²) in [6, 6.07) is 0.375. The number of hydrogen-bond donors (Lipinski definition) is 2. The SMILES string of the molecule is CC(C)COCC(O)CNC1CCOC1C. The van der Waals surface area contributed by atoms with Gasteiger partial charge in [-0.3, -0.25) is 0 Å². The van der Waals surface area contributed by atoms with E-state index < -0.39 is 6.10 Å². The molecular weight excluding hydrogens is 206 g/mol. The van der Waals surface area contributed by atoms with Crippen molar-refractivity contribution in [1.82, 2.24) is 5.32 Å². The fraction of sp³-hybridized carbons (Fsp3) is 1.00. The Labute approximate surface area is 98.3 Å². The van der Waals surface area contributed by atoms with Crippen LogP contribution in [0, 0.1) is 5.92 Å². The van der Waals surface area contributed by atoms with Crippen molar-refractivity contribution in [3.63, 3.8) is 0 Å². The highest BCUT2D eigenvalue weighted by atomic mass is 16.5. The molecule has 2 N–H and O–H groups in total. The summed E-state index contributed by atoms with van der Waals surface area (Å²) in [4.78, 5) is 0. The van der Waals surface area contributed by atoms with Gasteiger partial charge in [-0.1, -0.05) is 13.8 Å². The van der Waals surface area contributed by atoms with Gasteiger partial charge in [0.05, 0.1) is 18.8 Å². The van der Waals surface area contributed by atoms with Crippen molar-refractivity contribution in [2.24, 2.45) is 5.92 Å². The Bertz CT molecular complexity index is 187. The van der Waals surface area contributed by atoms with Gasteiger partial charge in [0.15, 0.2) is 0 Å². The van der Waals surface area contributed by atoms with E-state index >= 15 is 0 Å². The molecule has 4 heteroatoms. The molecule has 0 aromatic heterocycles. The maximum Gasteiger partial charge on any atom is 0.0897 e. The van der Waals surface area contributed by atoms with Gasteiger partial charge in [0, 0.05) is 25.8 Å². The number of aliphatic hydroxyl groups is 1. The summed E-state index contributed by atoms with van der Waals surface area (Å²) < 4.78 is 10.8. The van der Waals surface area contributed by atoms with Gasteiger partial charge in [0.2, 0.25) is 0 Å². The number of aliphatic hydroxyl groups excluding tert-OH is 1. The molecule has 3 atom stereocenters. The Morgan fingerprint density at radius 3 is 2.75 bits per heavy atom. The molecule has 0 spiro atoms. The van der Waals surface area contributed by atoms with Crippen molar-refractivity contribution in [1.29, 1.82) is 0 Å². The van der Waals surface area contributed by atoms with Crippen molar-refractivity contribution in [3.8, 4) is 0 Å². The molecule has 3 unspecified atom stereocenters. The molecule has 0 aromatic carbocycles. The van der Waals surface area contributed by atoms with Crippen LogP contribution in [0.1, 0.15) is 27.2 Å². The lowest BCUT2D eigenvalue weighted by Gasteiger charge is -2.19. The fourth-order valence-corrected chi connectivity index (χ4v) is 1.79. The standard InChI is InChI=1S/C12H25NO3/c1-9(2)7-15-8-11(14)6-13-12-4-5-16-10(12)3/h9-14H,4-8H2,1-3H3. The molecule has 0 radical (unpaired) electrons. The van der Waals surface area contributed by atoms with Crippen LogP contribution in [0.3, 0.4) is 0 Å². The maximum atomic E-state index is 9.68. The maximum absolute atomic E-state index is 9.68. The molecular formula is C12H25NO3. The van der Waals surface area contributed by atoms with Crippen LogP contribution in [0.25, 0.3) is 0 Å². The number of hydrogen-bond acceptors (Lipinski definition) is 4. The summed E-state index contributed by atoms with van der Waals surface area (Å²) >= 11 is 0. The second kappa shape index (κ2) is 7.22. The van der Waals surface area contributed by atoms with E-state index in [1.54, 1.807) is 0 Å². The van der Waals surface area contributed by atoms with Crippen LogP contribution < -0.4 is 5.32 Å². The average molecular weight is 231 g/mol. The summed E-state index contributed by atoms with van der Waals surface area (Å²) in [5, 5.41) is 13.0. The molecule has 1 fully saturated rings. The van der Waals surface area contributed by atoms with Crippen molar-refractivity contribution in [2.45, 2.75) is 45.4 Å². The molecule has 1 heterocycles. The fourth-order valence-electron chi connectivity index (χ4n) is 1.79. The zero-order valence-electron chi connectivity index (χ0n) is 10.6. The second-order valence-corrected chi connectivity index (χ2v) is 4.96. The van der Waals surface area contributed by atoms with Crippen molar-refractivity contribution in [3.05, 3.63) is 0 Å². The molecule has 4 nitrogen and oxygen atoms in total. The van der Waals surface area contributed by atoms with E-state index in [1.807, 2.05) is 0 Å². The summed E-state index contributed by atoms with van der Waals surface area (Å²) in [6.45, 7) is 8.78. The van der Waals surface area contributed by atoms with Crippen molar-refractivity contribution in [2.75, 3.05) is 26.4 Å². The minimum Gasteiger partial charge on any atom is -0.389 e. The van der Waals surface area contributed by atoms with E-state index in [1.165, 1.54) is 0 Å². The molecule has 16 heavy (non-hydrogen) atoms. The van der Waals surface area contributed by atoms with Gasteiger partial charge in [0.1, 0.15) is 0 Å². The lowest BCUT2D eigenvalue weighted by atomic mass is 10.1. The quantitative estimate of drug-likeness (QED) is 0.680. The molecule has 1 saturated heterocycles. The van der Waals surface area contributed by atoms with Gasteiger partial charge in [0.25, 0.3) is 0 Å². The van der Waals surface area contributed by atoms with Crippen LogP contribution in [0.2, 0.25) is 0 Å². The Balaban J connectivity index is 2.03. The second-order valence-electron chi connectivity index (χ2n) is 4.96. The zero-order valence-corrected chi connectivity index (χ0v) is 10.6. The summed E-state index contributed by atoms with van der Waals surface area (Å²) in [5.41, 5.74) is 0. The Kier molecular flexibility index (Phi) is 6.28. The van der Waals surface area contributed by atoms with Crippen molar-refractivity contribution >= 4 is 0 Å². The summed E-state index contributed by atoms with van der Waals surface area (Å²) in [6.07, 6.45) is 0.858. The summed E-state index contributed by atoms with van der Waals surface area (Å²) in [7, 11) is 0. The third kappa shape index (κ3) is 5.25. The molecule has 0 amide bonds. The Hall–Kier alpha value is -0.160. The third-order valence-corrected chi connectivity index (χ3v) is 2.75. The molecule has 96 valence electrons. The Morgan fingerprint density at radius 1 is 1.44 bits per heavy atom. The number of nitrogens with one attached hydrogen (secondary N) is 1. The largest absolute Gasteiger partial charge is 0.389 e. The summed E-state index contributed by atoms with van der Waals surface area (Å²) in [5.74, 6) is 0.517. The van der Waals surface area contributed by atoms with Gasteiger partial charge in [-0.15, -0.1) is 0 Å². The van der Waals surface area contributed by atoms with Gasteiger partial charge < -0.3 is 19.9 Å². The molecule has 0 bridgehead atoms. The smallest absolute Gasteiger partial charge is 0.0897 e. The third-order valence-electron chi connectivity index (χ3n) is 2.75. The van der Waals surface area contributed by atoms with E-state index in [0.29, 0.717) is 31.7 Å². The lowest BCUT2D eigenvalue weighted by Crippen LogP contribution is -2.40. The molecule has 0 aliphatic carbocycles. The lowest BCUT2D eigenvalue weighted by molar-refractivity contribution is 0.0234. The molecule has 1 aliphatic heterocycles. The molecule has 0 saturated carbocycles. The van der Waals surface area contributed by atoms with E-state index in [2.05, 4.69) is 26.1 Å². The highest BCUT2D eigenvalue weighted by molar-refractivity contribution is 4.79. The van der Waals surface area contributed by atoms with Crippen LogP contribution in [-0.2, 0) is 9.47 Å². The van der Waals surface area contributed by atoms with Gasteiger partial charge >= 0.3 is 0 Å². The first-order valence-electron chi connectivity index (χ1n) is 6.20. The van der Waals surface area contributed by atoms with Crippen LogP contribution in [0.5, 0.6) is 0 Å². The van der Waals surface area contributed by atoms with Gasteiger partial charge in [-0.05, 0) is 19.3 Å². The topological polar surface area (TPSA) is 50.7 Å².